The molecule has 3 rings (SSSR count). The number of benzene rings is 1. The lowest BCUT2D eigenvalue weighted by Gasteiger charge is -2.33. The predicted molar refractivity (Wildman–Crippen MR) is 77.8 cm³/mol. The molecule has 0 saturated carbocycles. The van der Waals surface area contributed by atoms with Gasteiger partial charge < -0.3 is 15.0 Å². The van der Waals surface area contributed by atoms with E-state index in [0.717, 1.165) is 38.1 Å². The number of hydrogen-bond donors (Lipinski definition) is 1. The molecule has 2 aliphatic heterocycles. The van der Waals surface area contributed by atoms with Gasteiger partial charge in [0.05, 0.1) is 12.6 Å². The van der Waals surface area contributed by atoms with Gasteiger partial charge >= 0.3 is 0 Å². The summed E-state index contributed by atoms with van der Waals surface area (Å²) in [6, 6.07) is 8.15. The van der Waals surface area contributed by atoms with E-state index in [0.29, 0.717) is 6.54 Å². The van der Waals surface area contributed by atoms with Crippen LogP contribution in [0.3, 0.4) is 0 Å². The standard InChI is InChI=1S/C16H22N2O2/c1-2-17-14-7-5-9-18(16(14)19)11-13-10-12-6-3-4-8-15(12)20-13/h3-4,6,8,13-14,17H,2,5,7,9-11H2,1H3. The molecule has 4 heteroatoms. The molecule has 1 aromatic rings. The topological polar surface area (TPSA) is 41.6 Å². The van der Waals surface area contributed by atoms with Crippen molar-refractivity contribution < 1.29 is 9.53 Å². The summed E-state index contributed by atoms with van der Waals surface area (Å²) in [6.45, 7) is 4.45. The Labute approximate surface area is 120 Å². The molecule has 20 heavy (non-hydrogen) atoms. The van der Waals surface area contributed by atoms with E-state index >= 15 is 0 Å². The van der Waals surface area contributed by atoms with Crippen LogP contribution in [-0.2, 0) is 11.2 Å². The van der Waals surface area contributed by atoms with Gasteiger partial charge in [-0.3, -0.25) is 4.79 Å². The van der Waals surface area contributed by atoms with E-state index in [1.165, 1.54) is 5.56 Å². The molecule has 0 aliphatic carbocycles. The van der Waals surface area contributed by atoms with Crippen LogP contribution in [0.25, 0.3) is 0 Å². The van der Waals surface area contributed by atoms with Gasteiger partial charge in [-0.25, -0.2) is 0 Å². The first-order valence-corrected chi connectivity index (χ1v) is 7.54. The lowest BCUT2D eigenvalue weighted by molar-refractivity contribution is -0.137. The fourth-order valence-electron chi connectivity index (χ4n) is 3.16. The third-order valence-corrected chi connectivity index (χ3v) is 4.12. The molecule has 1 saturated heterocycles. The number of nitrogens with zero attached hydrogens (tertiary/aromatic N) is 1. The number of nitrogens with one attached hydrogen (secondary N) is 1. The van der Waals surface area contributed by atoms with Gasteiger partial charge in [-0.05, 0) is 31.0 Å². The fourth-order valence-corrected chi connectivity index (χ4v) is 3.16. The maximum atomic E-state index is 12.4. The van der Waals surface area contributed by atoms with Crippen molar-refractivity contribution in [2.24, 2.45) is 0 Å². The van der Waals surface area contributed by atoms with E-state index in [2.05, 4.69) is 11.4 Å². The minimum atomic E-state index is -0.00229. The van der Waals surface area contributed by atoms with Crippen LogP contribution in [0.1, 0.15) is 25.3 Å². The van der Waals surface area contributed by atoms with E-state index < -0.39 is 0 Å². The summed E-state index contributed by atoms with van der Waals surface area (Å²) >= 11 is 0. The van der Waals surface area contributed by atoms with Crippen molar-refractivity contribution in [1.29, 1.82) is 0 Å². The first-order chi connectivity index (χ1) is 9.78. The van der Waals surface area contributed by atoms with E-state index in [-0.39, 0.29) is 18.1 Å². The van der Waals surface area contributed by atoms with Gasteiger partial charge in [0.25, 0.3) is 0 Å². The Hall–Kier alpha value is -1.55. The zero-order valence-electron chi connectivity index (χ0n) is 12.0. The lowest BCUT2D eigenvalue weighted by atomic mass is 10.0. The monoisotopic (exact) mass is 274 g/mol. The molecule has 2 aliphatic rings. The summed E-state index contributed by atoms with van der Waals surface area (Å²) in [4.78, 5) is 14.3. The van der Waals surface area contributed by atoms with Gasteiger partial charge in [-0.2, -0.15) is 0 Å². The molecule has 1 amide bonds. The number of para-hydroxylation sites is 1. The minimum absolute atomic E-state index is 0.00229. The van der Waals surface area contributed by atoms with Gasteiger partial charge in [0.1, 0.15) is 11.9 Å². The van der Waals surface area contributed by atoms with Crippen molar-refractivity contribution in [2.45, 2.75) is 38.3 Å². The molecule has 2 unspecified atom stereocenters. The third-order valence-electron chi connectivity index (χ3n) is 4.12. The van der Waals surface area contributed by atoms with Gasteiger partial charge in [0.2, 0.25) is 5.91 Å². The van der Waals surface area contributed by atoms with Gasteiger partial charge in [0, 0.05) is 13.0 Å². The third kappa shape index (κ3) is 2.66. The highest BCUT2D eigenvalue weighted by Crippen LogP contribution is 2.29. The molecule has 108 valence electrons. The molecule has 4 nitrogen and oxygen atoms in total. The SMILES string of the molecule is CCNC1CCCN(CC2Cc3ccccc3O2)C1=O. The Morgan fingerprint density at radius 1 is 1.40 bits per heavy atom. The highest BCUT2D eigenvalue weighted by atomic mass is 16.5. The summed E-state index contributed by atoms with van der Waals surface area (Å²) in [5.41, 5.74) is 1.25. The molecule has 1 N–H and O–H groups in total. The van der Waals surface area contributed by atoms with Crippen molar-refractivity contribution in [2.75, 3.05) is 19.6 Å². The number of carbonyl (C=O) groups is 1. The maximum absolute atomic E-state index is 12.4. The van der Waals surface area contributed by atoms with E-state index in [9.17, 15) is 4.79 Å². The van der Waals surface area contributed by atoms with Crippen LogP contribution >= 0.6 is 0 Å². The Bertz CT molecular complexity index is 462. The second-order valence-corrected chi connectivity index (χ2v) is 5.59. The van der Waals surface area contributed by atoms with Gasteiger partial charge in [0.15, 0.2) is 0 Å². The number of fused-ring (bicyclic) bond motifs is 1. The van der Waals surface area contributed by atoms with Crippen LogP contribution in [0.15, 0.2) is 24.3 Å². The smallest absolute Gasteiger partial charge is 0.239 e. The largest absolute Gasteiger partial charge is 0.488 e. The zero-order chi connectivity index (χ0) is 13.9. The Morgan fingerprint density at radius 3 is 3.05 bits per heavy atom. The predicted octanol–water partition coefficient (Wildman–Crippen LogP) is 1.59. The number of rotatable bonds is 4. The fraction of sp³-hybridized carbons (Fsp3) is 0.562. The van der Waals surface area contributed by atoms with Crippen LogP contribution in [0, 0.1) is 0 Å². The number of likely N-dealkylation sites (tertiary alicyclic amines) is 1. The van der Waals surface area contributed by atoms with Crippen LogP contribution < -0.4 is 10.1 Å². The molecule has 0 spiro atoms. The average Bonchev–Trinajstić information content (AvgIpc) is 2.86. The first kappa shape index (κ1) is 13.4. The van der Waals surface area contributed by atoms with Crippen molar-refractivity contribution in [3.05, 3.63) is 29.8 Å². The van der Waals surface area contributed by atoms with Crippen LogP contribution in [0.4, 0.5) is 0 Å². The van der Waals surface area contributed by atoms with Crippen LogP contribution in [-0.4, -0.2) is 42.6 Å². The Morgan fingerprint density at radius 2 is 2.25 bits per heavy atom. The van der Waals surface area contributed by atoms with Crippen LogP contribution in [0.2, 0.25) is 0 Å². The number of hydrogen-bond acceptors (Lipinski definition) is 3. The summed E-state index contributed by atoms with van der Waals surface area (Å²) in [5, 5.41) is 3.27. The molecule has 0 radical (unpaired) electrons. The molecule has 0 aromatic heterocycles. The van der Waals surface area contributed by atoms with Crippen molar-refractivity contribution >= 4 is 5.91 Å². The number of amides is 1. The highest BCUT2D eigenvalue weighted by Gasteiger charge is 2.32. The van der Waals surface area contributed by atoms with Crippen molar-refractivity contribution in [3.63, 3.8) is 0 Å². The minimum Gasteiger partial charge on any atom is -0.488 e. The first-order valence-electron chi connectivity index (χ1n) is 7.54. The molecule has 2 atom stereocenters. The number of piperidine rings is 1. The molecular formula is C16H22N2O2. The van der Waals surface area contributed by atoms with E-state index in [1.807, 2.05) is 30.0 Å². The second-order valence-electron chi connectivity index (χ2n) is 5.59. The molecule has 1 aromatic carbocycles. The Balaban J connectivity index is 1.60. The van der Waals surface area contributed by atoms with Gasteiger partial charge in [-0.1, -0.05) is 25.1 Å². The molecule has 1 fully saturated rings. The number of likely N-dealkylation sites (N-methyl/N-ethyl adjacent to an activating group) is 1. The molecular weight excluding hydrogens is 252 g/mol. The summed E-state index contributed by atoms with van der Waals surface area (Å²) in [5.74, 6) is 1.21. The van der Waals surface area contributed by atoms with E-state index in [4.69, 9.17) is 4.74 Å². The highest BCUT2D eigenvalue weighted by molar-refractivity contribution is 5.82. The number of ether oxygens (including phenoxy) is 1. The second kappa shape index (κ2) is 5.83. The van der Waals surface area contributed by atoms with Crippen molar-refractivity contribution in [3.8, 4) is 5.75 Å². The zero-order valence-corrected chi connectivity index (χ0v) is 12.0. The summed E-state index contributed by atoms with van der Waals surface area (Å²) in [6.07, 6.45) is 3.04. The summed E-state index contributed by atoms with van der Waals surface area (Å²) in [7, 11) is 0. The summed E-state index contributed by atoms with van der Waals surface area (Å²) < 4.78 is 5.94. The maximum Gasteiger partial charge on any atom is 0.239 e. The van der Waals surface area contributed by atoms with Crippen LogP contribution in [0.5, 0.6) is 5.75 Å². The quantitative estimate of drug-likeness (QED) is 0.906. The normalized spacial score (nSPS) is 25.4. The Kier molecular flexibility index (Phi) is 3.92. The average molecular weight is 274 g/mol. The van der Waals surface area contributed by atoms with Crippen molar-refractivity contribution in [1.82, 2.24) is 10.2 Å². The van der Waals surface area contributed by atoms with E-state index in [1.54, 1.807) is 0 Å². The van der Waals surface area contributed by atoms with Gasteiger partial charge in [-0.15, -0.1) is 0 Å². The molecule has 0 bridgehead atoms. The lowest BCUT2D eigenvalue weighted by Crippen LogP contribution is -2.52. The molecule has 2 heterocycles. The number of carbonyl (C=O) groups excluding carboxylic acids is 1.